The second-order valence-electron chi connectivity index (χ2n) is 2.67. The van der Waals surface area contributed by atoms with Crippen molar-refractivity contribution in [3.63, 3.8) is 0 Å². The Morgan fingerprint density at radius 2 is 1.92 bits per heavy atom. The van der Waals surface area contributed by atoms with Gasteiger partial charge >= 0.3 is 0 Å². The molecule has 0 aliphatic rings. The number of carbonyl (C=O) groups is 1. The summed E-state index contributed by atoms with van der Waals surface area (Å²) < 4.78 is 12.4. The topological polar surface area (TPSA) is 40.1 Å². The second kappa shape index (κ2) is 3.85. The molecule has 0 saturated heterocycles. The van der Waals surface area contributed by atoms with E-state index >= 15 is 0 Å². The van der Waals surface area contributed by atoms with Gasteiger partial charge in [0.2, 0.25) is 0 Å². The Labute approximate surface area is 75.3 Å². The summed E-state index contributed by atoms with van der Waals surface area (Å²) in [7, 11) is 0. The van der Waals surface area contributed by atoms with E-state index in [4.69, 9.17) is 0 Å². The Bertz CT molecular complexity index is 338. The molecule has 0 atom stereocenters. The van der Waals surface area contributed by atoms with Gasteiger partial charge in [0.25, 0.3) is 0 Å². The quantitative estimate of drug-likeness (QED) is 0.635. The molecule has 1 aromatic carbocycles. The normalized spacial score (nSPS) is 11.4. The third kappa shape index (κ3) is 2.71. The molecule has 0 aliphatic heterocycles. The van der Waals surface area contributed by atoms with Crippen molar-refractivity contribution in [2.45, 2.75) is 6.92 Å². The predicted molar refractivity (Wildman–Crippen MR) is 45.1 cm³/mol. The molecule has 3 heteroatoms. The highest BCUT2D eigenvalue weighted by atomic mass is 19.1. The maximum Gasteiger partial charge on any atom is 0.123 e. The highest BCUT2D eigenvalue weighted by molar-refractivity contribution is 5.89. The molecule has 0 N–H and O–H groups in total. The van der Waals surface area contributed by atoms with Crippen molar-refractivity contribution in [2.75, 3.05) is 0 Å². The number of halogens is 1. The fourth-order valence-electron chi connectivity index (χ4n) is 0.868. The van der Waals surface area contributed by atoms with Crippen molar-refractivity contribution in [3.8, 4) is 0 Å². The third-order valence-corrected chi connectivity index (χ3v) is 1.58. The van der Waals surface area contributed by atoms with Gasteiger partial charge in [-0.1, -0.05) is 18.2 Å². The maximum atomic E-state index is 12.4. The molecular formula is C10H8FO2-. The molecule has 0 saturated carbocycles. The summed E-state index contributed by atoms with van der Waals surface area (Å²) in [4.78, 5) is 10.3. The maximum absolute atomic E-state index is 12.4. The zero-order chi connectivity index (χ0) is 9.84. The van der Waals surface area contributed by atoms with Gasteiger partial charge in [0.15, 0.2) is 0 Å². The number of hydrogen-bond donors (Lipinski definition) is 0. The summed E-state index contributed by atoms with van der Waals surface area (Å²) in [5.74, 6) is -1.56. The minimum atomic E-state index is -1.22. The first-order valence-corrected chi connectivity index (χ1v) is 3.75. The minimum Gasteiger partial charge on any atom is -0.545 e. The molecule has 0 bridgehead atoms. The van der Waals surface area contributed by atoms with Gasteiger partial charge in [-0.2, -0.15) is 0 Å². The van der Waals surface area contributed by atoms with Crippen LogP contribution in [0, 0.1) is 5.82 Å². The molecule has 0 aliphatic carbocycles. The van der Waals surface area contributed by atoms with E-state index in [2.05, 4.69) is 0 Å². The molecule has 1 aromatic rings. The predicted octanol–water partition coefficient (Wildman–Crippen LogP) is 0.979. The molecule has 0 fully saturated rings. The first-order chi connectivity index (χ1) is 6.09. The smallest absolute Gasteiger partial charge is 0.123 e. The van der Waals surface area contributed by atoms with Gasteiger partial charge in [-0.25, -0.2) is 4.39 Å². The lowest BCUT2D eigenvalue weighted by atomic mass is 10.1. The first-order valence-electron chi connectivity index (χ1n) is 3.75. The number of aliphatic carboxylic acids is 1. The van der Waals surface area contributed by atoms with Crippen LogP contribution in [0.25, 0.3) is 6.08 Å². The van der Waals surface area contributed by atoms with Gasteiger partial charge in [0.1, 0.15) is 5.82 Å². The summed E-state index contributed by atoms with van der Waals surface area (Å²) in [6.45, 7) is 1.43. The number of hydrogen-bond acceptors (Lipinski definition) is 2. The molecular weight excluding hydrogens is 171 g/mol. The van der Waals surface area contributed by atoms with Crippen LogP contribution in [-0.2, 0) is 4.79 Å². The Balaban J connectivity index is 2.92. The average Bonchev–Trinajstić information content (AvgIpc) is 2.08. The van der Waals surface area contributed by atoms with E-state index in [9.17, 15) is 14.3 Å². The minimum absolute atomic E-state index is 0.117. The van der Waals surface area contributed by atoms with Crippen molar-refractivity contribution in [3.05, 3.63) is 41.2 Å². The SMILES string of the molecule is C/C(=C\c1ccc(F)cc1)C(=O)[O-]. The van der Waals surface area contributed by atoms with Crippen LogP contribution in [0.2, 0.25) is 0 Å². The molecule has 0 radical (unpaired) electrons. The van der Waals surface area contributed by atoms with Crippen molar-refractivity contribution >= 4 is 12.0 Å². The fraction of sp³-hybridized carbons (Fsp3) is 0.100. The highest BCUT2D eigenvalue weighted by Gasteiger charge is 1.92. The van der Waals surface area contributed by atoms with Gasteiger partial charge in [0.05, 0.1) is 5.97 Å². The van der Waals surface area contributed by atoms with E-state index in [1.807, 2.05) is 0 Å². The van der Waals surface area contributed by atoms with Gasteiger partial charge in [-0.15, -0.1) is 0 Å². The van der Waals surface area contributed by atoms with Crippen LogP contribution in [0.5, 0.6) is 0 Å². The molecule has 68 valence electrons. The third-order valence-electron chi connectivity index (χ3n) is 1.58. The van der Waals surface area contributed by atoms with Crippen LogP contribution < -0.4 is 5.11 Å². The molecule has 0 aromatic heterocycles. The molecule has 0 unspecified atom stereocenters. The monoisotopic (exact) mass is 179 g/mol. The van der Waals surface area contributed by atoms with Gasteiger partial charge in [0, 0.05) is 0 Å². The number of rotatable bonds is 2. The van der Waals surface area contributed by atoms with E-state index in [0.717, 1.165) is 0 Å². The van der Waals surface area contributed by atoms with Crippen molar-refractivity contribution in [1.29, 1.82) is 0 Å². The zero-order valence-electron chi connectivity index (χ0n) is 7.08. The highest BCUT2D eigenvalue weighted by Crippen LogP contribution is 2.07. The average molecular weight is 179 g/mol. The Kier molecular flexibility index (Phi) is 2.80. The molecule has 0 amide bonds. The van der Waals surface area contributed by atoms with E-state index in [1.54, 1.807) is 0 Å². The largest absolute Gasteiger partial charge is 0.545 e. The van der Waals surface area contributed by atoms with Crippen molar-refractivity contribution in [1.82, 2.24) is 0 Å². The van der Waals surface area contributed by atoms with Crippen molar-refractivity contribution in [2.24, 2.45) is 0 Å². The van der Waals surface area contributed by atoms with Crippen molar-refractivity contribution < 1.29 is 14.3 Å². The zero-order valence-corrected chi connectivity index (χ0v) is 7.08. The van der Waals surface area contributed by atoms with E-state index in [0.29, 0.717) is 5.56 Å². The summed E-state index contributed by atoms with van der Waals surface area (Å²) >= 11 is 0. The lowest BCUT2D eigenvalue weighted by Gasteiger charge is -2.01. The van der Waals surface area contributed by atoms with E-state index in [1.165, 1.54) is 37.3 Å². The Morgan fingerprint density at radius 3 is 2.38 bits per heavy atom. The van der Waals surface area contributed by atoms with E-state index in [-0.39, 0.29) is 11.4 Å². The molecule has 13 heavy (non-hydrogen) atoms. The number of benzene rings is 1. The molecule has 2 nitrogen and oxygen atoms in total. The standard InChI is InChI=1S/C10H9FO2/c1-7(10(12)13)6-8-2-4-9(11)5-3-8/h2-6H,1H3,(H,12,13)/p-1/b7-6+. The van der Waals surface area contributed by atoms with Gasteiger partial charge in [-0.05, 0) is 30.2 Å². The number of carboxylic acids is 1. The fourth-order valence-corrected chi connectivity index (χ4v) is 0.868. The van der Waals surface area contributed by atoms with Crippen LogP contribution in [-0.4, -0.2) is 5.97 Å². The summed E-state index contributed by atoms with van der Waals surface area (Å²) in [5.41, 5.74) is 0.759. The lowest BCUT2D eigenvalue weighted by molar-refractivity contribution is -0.299. The van der Waals surface area contributed by atoms with Crippen LogP contribution >= 0.6 is 0 Å². The van der Waals surface area contributed by atoms with Gasteiger partial charge < -0.3 is 9.90 Å². The first kappa shape index (κ1) is 9.45. The number of carboxylic acid groups (broad SMARTS) is 1. The van der Waals surface area contributed by atoms with Crippen LogP contribution in [0.1, 0.15) is 12.5 Å². The Hall–Kier alpha value is -1.64. The summed E-state index contributed by atoms with van der Waals surface area (Å²) in [6.07, 6.45) is 1.43. The lowest BCUT2D eigenvalue weighted by Crippen LogP contribution is -2.22. The summed E-state index contributed by atoms with van der Waals surface area (Å²) in [5, 5.41) is 10.3. The van der Waals surface area contributed by atoms with Gasteiger partial charge in [-0.3, -0.25) is 0 Å². The van der Waals surface area contributed by atoms with E-state index < -0.39 is 5.97 Å². The van der Waals surface area contributed by atoms with Crippen LogP contribution in [0.15, 0.2) is 29.8 Å². The Morgan fingerprint density at radius 1 is 1.38 bits per heavy atom. The summed E-state index contributed by atoms with van der Waals surface area (Å²) in [6, 6.07) is 5.55. The second-order valence-corrected chi connectivity index (χ2v) is 2.67. The molecule has 0 spiro atoms. The van der Waals surface area contributed by atoms with Crippen LogP contribution in [0.3, 0.4) is 0 Å². The number of carbonyl (C=O) groups excluding carboxylic acids is 1. The molecule has 0 heterocycles. The van der Waals surface area contributed by atoms with Crippen LogP contribution in [0.4, 0.5) is 4.39 Å². The molecule has 1 rings (SSSR count).